The normalized spacial score (nSPS) is 11.6. The first-order valence-corrected chi connectivity index (χ1v) is 12.2. The molecule has 0 unspecified atom stereocenters. The fraction of sp³-hybridized carbons (Fsp3) is 0.182. The Hall–Kier alpha value is -2.97. The first-order chi connectivity index (χ1) is 14.5. The van der Waals surface area contributed by atoms with E-state index in [2.05, 4.69) is 15.3 Å². The van der Waals surface area contributed by atoms with E-state index >= 15 is 0 Å². The third-order valence-electron chi connectivity index (χ3n) is 4.81. The van der Waals surface area contributed by atoms with Gasteiger partial charge in [-0.15, -0.1) is 11.3 Å². The quantitative estimate of drug-likeness (QED) is 0.439. The monoisotopic (exact) mass is 439 g/mol. The lowest BCUT2D eigenvalue weighted by molar-refractivity contribution is 0.0959. The van der Waals surface area contributed by atoms with Gasteiger partial charge >= 0.3 is 0 Å². The number of thiophene rings is 1. The molecule has 0 atom stereocenters. The molecule has 1 aromatic carbocycles. The van der Waals surface area contributed by atoms with Crippen LogP contribution in [0.4, 0.5) is 0 Å². The maximum atomic E-state index is 12.7. The summed E-state index contributed by atoms with van der Waals surface area (Å²) >= 11 is 1.36. The number of sulfone groups is 1. The highest BCUT2D eigenvalue weighted by molar-refractivity contribution is 7.90. The molecule has 0 fully saturated rings. The zero-order valence-corrected chi connectivity index (χ0v) is 17.8. The van der Waals surface area contributed by atoms with Gasteiger partial charge in [0.25, 0.3) is 5.91 Å². The number of pyridine rings is 1. The molecular formula is C22H21N3O3S2. The van der Waals surface area contributed by atoms with Crippen molar-refractivity contribution in [1.82, 2.24) is 15.3 Å². The van der Waals surface area contributed by atoms with Crippen molar-refractivity contribution in [2.75, 3.05) is 12.3 Å². The molecule has 0 aliphatic carbocycles. The Labute approximate surface area is 178 Å². The molecule has 0 saturated heterocycles. The van der Waals surface area contributed by atoms with Crippen LogP contribution in [0.5, 0.6) is 0 Å². The molecule has 4 rings (SSSR count). The first-order valence-electron chi connectivity index (χ1n) is 9.52. The van der Waals surface area contributed by atoms with Crippen molar-refractivity contribution in [3.63, 3.8) is 0 Å². The minimum atomic E-state index is -3.30. The summed E-state index contributed by atoms with van der Waals surface area (Å²) in [6.45, 7) is 0.0860. The summed E-state index contributed by atoms with van der Waals surface area (Å²) in [5.74, 6) is -0.361. The van der Waals surface area contributed by atoms with Crippen molar-refractivity contribution in [3.8, 4) is 0 Å². The summed E-state index contributed by atoms with van der Waals surface area (Å²) in [5.41, 5.74) is 3.56. The molecule has 1 amide bonds. The molecule has 0 radical (unpaired) electrons. The van der Waals surface area contributed by atoms with E-state index in [0.717, 1.165) is 27.7 Å². The molecule has 3 heterocycles. The largest absolute Gasteiger partial charge is 0.350 e. The van der Waals surface area contributed by atoms with Crippen LogP contribution in [0.2, 0.25) is 0 Å². The predicted molar refractivity (Wildman–Crippen MR) is 119 cm³/mol. The Morgan fingerprint density at radius 3 is 2.73 bits per heavy atom. The van der Waals surface area contributed by atoms with Crippen LogP contribution >= 0.6 is 11.3 Å². The second-order valence-electron chi connectivity index (χ2n) is 7.00. The van der Waals surface area contributed by atoms with E-state index in [0.29, 0.717) is 11.3 Å². The molecule has 4 aromatic rings. The summed E-state index contributed by atoms with van der Waals surface area (Å²) in [4.78, 5) is 20.7. The molecule has 154 valence electrons. The molecule has 0 bridgehead atoms. The number of fused-ring (bicyclic) bond motifs is 1. The lowest BCUT2D eigenvalue weighted by Gasteiger charge is -2.08. The standard InChI is InChI=1S/C22H21N3O3S2/c26-22(25-11-13-30(27,28)15-16-4-2-1-3-5-16)20-18(8-12-29-20)14-17-6-9-23-21-19(17)7-10-24-21/h1-10,12H,11,13-15H2,(H,23,24)(H,25,26). The van der Waals surface area contributed by atoms with Gasteiger partial charge in [0.1, 0.15) is 5.65 Å². The van der Waals surface area contributed by atoms with E-state index in [1.54, 1.807) is 18.3 Å². The lowest BCUT2D eigenvalue weighted by atomic mass is 10.0. The van der Waals surface area contributed by atoms with Crippen molar-refractivity contribution in [1.29, 1.82) is 0 Å². The molecule has 6 nitrogen and oxygen atoms in total. The van der Waals surface area contributed by atoms with Gasteiger partial charge in [-0.05, 0) is 46.7 Å². The minimum absolute atomic E-state index is 0.0251. The number of nitrogens with one attached hydrogen (secondary N) is 2. The second kappa shape index (κ2) is 8.81. The highest BCUT2D eigenvalue weighted by Gasteiger charge is 2.17. The van der Waals surface area contributed by atoms with Crippen molar-refractivity contribution < 1.29 is 13.2 Å². The van der Waals surface area contributed by atoms with Gasteiger partial charge in [-0.25, -0.2) is 13.4 Å². The number of aromatic amines is 1. The van der Waals surface area contributed by atoms with E-state index in [9.17, 15) is 13.2 Å². The van der Waals surface area contributed by atoms with Crippen LogP contribution < -0.4 is 5.32 Å². The topological polar surface area (TPSA) is 91.9 Å². The summed E-state index contributed by atoms with van der Waals surface area (Å²) in [7, 11) is -3.30. The van der Waals surface area contributed by atoms with Gasteiger partial charge in [-0.3, -0.25) is 4.79 Å². The Morgan fingerprint density at radius 1 is 1.07 bits per heavy atom. The third kappa shape index (κ3) is 4.77. The zero-order chi connectivity index (χ0) is 21.0. The molecule has 0 spiro atoms. The molecular weight excluding hydrogens is 418 g/mol. The number of H-pyrrole nitrogens is 1. The van der Waals surface area contributed by atoms with E-state index in [4.69, 9.17) is 0 Å². The summed E-state index contributed by atoms with van der Waals surface area (Å²) < 4.78 is 24.6. The smallest absolute Gasteiger partial charge is 0.261 e. The molecule has 2 N–H and O–H groups in total. The van der Waals surface area contributed by atoms with E-state index < -0.39 is 9.84 Å². The number of carbonyl (C=O) groups is 1. The Morgan fingerprint density at radius 2 is 1.90 bits per heavy atom. The molecule has 0 aliphatic rings. The molecule has 3 aromatic heterocycles. The number of hydrogen-bond donors (Lipinski definition) is 2. The average Bonchev–Trinajstić information content (AvgIpc) is 3.38. The summed E-state index contributed by atoms with van der Waals surface area (Å²) in [6.07, 6.45) is 4.20. The fourth-order valence-corrected chi connectivity index (χ4v) is 5.45. The van der Waals surface area contributed by atoms with Crippen LogP contribution in [0.1, 0.15) is 26.4 Å². The molecule has 0 aliphatic heterocycles. The van der Waals surface area contributed by atoms with Gasteiger partial charge < -0.3 is 10.3 Å². The van der Waals surface area contributed by atoms with Crippen molar-refractivity contribution in [2.45, 2.75) is 12.2 Å². The third-order valence-corrected chi connectivity index (χ3v) is 7.37. The van der Waals surface area contributed by atoms with Crippen LogP contribution in [0, 0.1) is 0 Å². The van der Waals surface area contributed by atoms with Crippen LogP contribution in [0.15, 0.2) is 66.3 Å². The minimum Gasteiger partial charge on any atom is -0.350 e. The maximum absolute atomic E-state index is 12.7. The Balaban J connectivity index is 1.38. The predicted octanol–water partition coefficient (Wildman–Crippen LogP) is 3.56. The van der Waals surface area contributed by atoms with Gasteiger partial charge in [0.15, 0.2) is 9.84 Å². The van der Waals surface area contributed by atoms with Gasteiger partial charge in [0.2, 0.25) is 0 Å². The fourth-order valence-electron chi connectivity index (χ4n) is 3.35. The number of amides is 1. The van der Waals surface area contributed by atoms with Crippen molar-refractivity contribution in [2.24, 2.45) is 0 Å². The lowest BCUT2D eigenvalue weighted by Crippen LogP contribution is -2.29. The summed E-state index contributed by atoms with van der Waals surface area (Å²) in [5, 5.41) is 5.67. The second-order valence-corrected chi connectivity index (χ2v) is 10.1. The number of benzene rings is 1. The highest BCUT2D eigenvalue weighted by atomic mass is 32.2. The highest BCUT2D eigenvalue weighted by Crippen LogP contribution is 2.24. The van der Waals surface area contributed by atoms with E-state index in [-0.39, 0.29) is 24.0 Å². The van der Waals surface area contributed by atoms with Crippen LogP contribution in [0.25, 0.3) is 11.0 Å². The van der Waals surface area contributed by atoms with Crippen LogP contribution in [-0.2, 0) is 22.0 Å². The van der Waals surface area contributed by atoms with Gasteiger partial charge in [0.05, 0.1) is 16.4 Å². The van der Waals surface area contributed by atoms with E-state index in [1.165, 1.54) is 11.3 Å². The molecule has 30 heavy (non-hydrogen) atoms. The zero-order valence-electron chi connectivity index (χ0n) is 16.2. The molecule has 0 saturated carbocycles. The average molecular weight is 440 g/mol. The van der Waals surface area contributed by atoms with Crippen molar-refractivity contribution >= 4 is 38.1 Å². The maximum Gasteiger partial charge on any atom is 0.261 e. The number of aromatic nitrogens is 2. The number of rotatable bonds is 8. The van der Waals surface area contributed by atoms with Gasteiger partial charge in [0, 0.05) is 24.3 Å². The Bertz CT molecular complexity index is 1260. The van der Waals surface area contributed by atoms with Gasteiger partial charge in [-0.2, -0.15) is 0 Å². The number of carbonyl (C=O) groups excluding carboxylic acids is 1. The molecule has 8 heteroatoms. The SMILES string of the molecule is O=C(NCCS(=O)(=O)Cc1ccccc1)c1sccc1Cc1ccnc2[nH]ccc12. The van der Waals surface area contributed by atoms with Crippen molar-refractivity contribution in [3.05, 3.63) is 87.9 Å². The van der Waals surface area contributed by atoms with Crippen LogP contribution in [-0.4, -0.2) is 36.6 Å². The van der Waals surface area contributed by atoms with Gasteiger partial charge in [-0.1, -0.05) is 30.3 Å². The number of nitrogens with zero attached hydrogens (tertiary/aromatic N) is 1. The first kappa shape index (κ1) is 20.3. The summed E-state index contributed by atoms with van der Waals surface area (Å²) in [6, 6.07) is 14.9. The Kier molecular flexibility index (Phi) is 5.96. The number of hydrogen-bond acceptors (Lipinski definition) is 5. The van der Waals surface area contributed by atoms with E-state index in [1.807, 2.05) is 48.0 Å². The van der Waals surface area contributed by atoms with Crippen LogP contribution in [0.3, 0.4) is 0 Å².